The van der Waals surface area contributed by atoms with Crippen molar-refractivity contribution in [1.29, 1.82) is 5.41 Å². The zero-order chi connectivity index (χ0) is 32.6. The number of rotatable bonds is 11. The molecule has 0 aromatic heterocycles. The zero-order valence-electron chi connectivity index (χ0n) is 24.4. The Morgan fingerprint density at radius 2 is 1.59 bits per heavy atom. The summed E-state index contributed by atoms with van der Waals surface area (Å²) in [5, 5.41) is 14.5. The van der Waals surface area contributed by atoms with Crippen LogP contribution in [0.1, 0.15) is 5.56 Å². The number of benzene rings is 2. The number of amides is 5. The van der Waals surface area contributed by atoms with Crippen molar-refractivity contribution >= 4 is 35.2 Å². The van der Waals surface area contributed by atoms with Crippen LogP contribution < -0.4 is 27.6 Å². The van der Waals surface area contributed by atoms with E-state index in [1.54, 1.807) is 43.3 Å². The molecule has 0 spiro atoms. The third-order valence-corrected chi connectivity index (χ3v) is 6.04. The Morgan fingerprint density at radius 1 is 1.00 bits per heavy atom. The molecule has 44 heavy (non-hydrogen) atoms. The number of carbonyl (C=O) groups excluding carboxylic acids is 3. The Morgan fingerprint density at radius 3 is 2.14 bits per heavy atom. The predicted octanol–water partition coefficient (Wildman–Crippen LogP) is 2.56. The van der Waals surface area contributed by atoms with Gasteiger partial charge in [0.1, 0.15) is 28.9 Å². The van der Waals surface area contributed by atoms with Crippen LogP contribution in [0.25, 0.3) is 0 Å². The number of hydrogen-bond donors (Lipinski definition) is 6. The summed E-state index contributed by atoms with van der Waals surface area (Å²) in [5.74, 6) is -3.94. The van der Waals surface area contributed by atoms with Gasteiger partial charge in [-0.05, 0) is 56.6 Å². The molecule has 0 bridgehead atoms. The fourth-order valence-corrected chi connectivity index (χ4v) is 4.01. The number of anilines is 2. The SMILES string of the molecule is CONC(=O)Nc1ccc(N/C(CN(C)C)=C2\C(=N)N(Cc3c(F)cccc3F)C(=O)N(/C(N)=C/C=C(\N)OC)C2=O)cc1. The summed E-state index contributed by atoms with van der Waals surface area (Å²) in [6.45, 7) is -0.657. The minimum atomic E-state index is -1.11. The van der Waals surface area contributed by atoms with Crippen LogP contribution in [-0.2, 0) is 20.9 Å². The van der Waals surface area contributed by atoms with E-state index in [1.165, 1.54) is 20.3 Å². The fraction of sp³-hybridized carbons (Fsp3) is 0.214. The van der Waals surface area contributed by atoms with E-state index in [-0.39, 0.29) is 23.7 Å². The lowest BCUT2D eigenvalue weighted by Crippen LogP contribution is -2.57. The molecule has 2 aromatic carbocycles. The number of nitrogens with zero attached hydrogens (tertiary/aromatic N) is 3. The van der Waals surface area contributed by atoms with Crippen molar-refractivity contribution in [3.8, 4) is 0 Å². The summed E-state index contributed by atoms with van der Waals surface area (Å²) in [4.78, 5) is 46.8. The number of hydroxylamine groups is 1. The Hall–Kier alpha value is -5.48. The van der Waals surface area contributed by atoms with E-state index >= 15 is 0 Å². The molecule has 0 saturated carbocycles. The lowest BCUT2D eigenvalue weighted by Gasteiger charge is -2.37. The molecule has 1 saturated heterocycles. The maximum absolute atomic E-state index is 14.6. The molecule has 0 aliphatic carbocycles. The van der Waals surface area contributed by atoms with Gasteiger partial charge in [-0.1, -0.05) is 6.07 Å². The number of likely N-dealkylation sites (N-methyl/N-ethyl adjacent to an activating group) is 1. The lowest BCUT2D eigenvalue weighted by molar-refractivity contribution is -0.123. The van der Waals surface area contributed by atoms with Gasteiger partial charge in [-0.25, -0.2) is 28.7 Å². The topological polar surface area (TPSA) is 191 Å². The Kier molecular flexibility index (Phi) is 11.0. The van der Waals surface area contributed by atoms with Crippen molar-refractivity contribution in [3.05, 3.63) is 94.8 Å². The largest absolute Gasteiger partial charge is 0.483 e. The summed E-state index contributed by atoms with van der Waals surface area (Å²) >= 11 is 0. The second-order valence-corrected chi connectivity index (χ2v) is 9.48. The van der Waals surface area contributed by atoms with Crippen LogP contribution in [0.5, 0.6) is 0 Å². The first-order chi connectivity index (χ1) is 20.9. The first kappa shape index (κ1) is 33.0. The van der Waals surface area contributed by atoms with Crippen molar-refractivity contribution in [1.82, 2.24) is 20.2 Å². The van der Waals surface area contributed by atoms with Crippen LogP contribution >= 0.6 is 0 Å². The Balaban J connectivity index is 2.13. The van der Waals surface area contributed by atoms with Crippen LogP contribution in [0.2, 0.25) is 0 Å². The second kappa shape index (κ2) is 14.6. The summed E-state index contributed by atoms with van der Waals surface area (Å²) < 4.78 is 34.1. The van der Waals surface area contributed by atoms with Gasteiger partial charge in [0.25, 0.3) is 5.91 Å². The molecule has 16 heteroatoms. The number of methoxy groups -OCH3 is 1. The van der Waals surface area contributed by atoms with Crippen molar-refractivity contribution in [2.24, 2.45) is 11.5 Å². The van der Waals surface area contributed by atoms with Crippen molar-refractivity contribution in [2.75, 3.05) is 45.5 Å². The van der Waals surface area contributed by atoms with E-state index in [0.29, 0.717) is 16.3 Å². The molecule has 1 aliphatic rings. The maximum atomic E-state index is 14.6. The summed E-state index contributed by atoms with van der Waals surface area (Å²) in [7, 11) is 6.01. The Bertz CT molecular complexity index is 1500. The number of hydrogen-bond acceptors (Lipinski definition) is 10. The van der Waals surface area contributed by atoms with Crippen molar-refractivity contribution < 1.29 is 32.7 Å². The number of nitrogens with two attached hydrogens (primary N) is 2. The average Bonchev–Trinajstić information content (AvgIpc) is 2.96. The molecule has 1 heterocycles. The minimum Gasteiger partial charge on any atom is -0.483 e. The standard InChI is InChI=1S/C28H33F2N9O5/c1-37(2)15-21(34-16-8-10-17(11-9-16)35-27(41)36-44-4)24-25(33)38(14-18-19(29)6-5-7-20(18)30)28(42)39(26(24)40)22(31)12-13-23(32)43-3/h5-13,33-34H,14-15,31-32H2,1-4H3,(H2,35,36,41)/b22-12+,23-13+,24-21+,33-25?. The van der Waals surface area contributed by atoms with Gasteiger partial charge in [0, 0.05) is 35.3 Å². The highest BCUT2D eigenvalue weighted by Crippen LogP contribution is 2.27. The van der Waals surface area contributed by atoms with Crippen molar-refractivity contribution in [2.45, 2.75) is 6.54 Å². The lowest BCUT2D eigenvalue weighted by atomic mass is 10.0. The molecular weight excluding hydrogens is 580 g/mol. The average molecular weight is 614 g/mol. The molecule has 5 amide bonds. The van der Waals surface area contributed by atoms with Crippen LogP contribution in [-0.4, -0.2) is 73.4 Å². The molecule has 2 aromatic rings. The molecule has 14 nitrogen and oxygen atoms in total. The van der Waals surface area contributed by atoms with Crippen molar-refractivity contribution in [3.63, 3.8) is 0 Å². The van der Waals surface area contributed by atoms with Gasteiger partial charge in [0.15, 0.2) is 5.88 Å². The van der Waals surface area contributed by atoms with Gasteiger partial charge in [-0.2, -0.15) is 0 Å². The normalized spacial score (nSPS) is 15.5. The molecule has 1 fully saturated rings. The minimum absolute atomic E-state index is 0.0593. The number of imide groups is 1. The highest BCUT2D eigenvalue weighted by atomic mass is 19.1. The molecule has 234 valence electrons. The fourth-order valence-electron chi connectivity index (χ4n) is 4.01. The summed E-state index contributed by atoms with van der Waals surface area (Å²) in [6, 6.07) is 7.80. The molecular formula is C28H33F2N9O5. The molecule has 1 aliphatic heterocycles. The highest BCUT2D eigenvalue weighted by molar-refractivity contribution is 6.30. The zero-order valence-corrected chi connectivity index (χ0v) is 24.4. The van der Waals surface area contributed by atoms with E-state index in [9.17, 15) is 23.2 Å². The van der Waals surface area contributed by atoms with Crippen LogP contribution in [0.3, 0.4) is 0 Å². The molecule has 3 rings (SSSR count). The van der Waals surface area contributed by atoms with Gasteiger partial charge in [-0.3, -0.25) is 19.9 Å². The number of ether oxygens (including phenoxy) is 1. The maximum Gasteiger partial charge on any atom is 0.343 e. The smallest absolute Gasteiger partial charge is 0.343 e. The number of amidine groups is 1. The van der Waals surface area contributed by atoms with E-state index in [2.05, 4.69) is 21.0 Å². The van der Waals surface area contributed by atoms with Crippen LogP contribution in [0.15, 0.2) is 77.6 Å². The van der Waals surface area contributed by atoms with Gasteiger partial charge in [0.05, 0.1) is 20.8 Å². The first-order valence-electron chi connectivity index (χ1n) is 12.9. The van der Waals surface area contributed by atoms with Crippen LogP contribution in [0.4, 0.5) is 29.7 Å². The van der Waals surface area contributed by atoms with E-state index in [1.807, 2.05) is 0 Å². The number of nitrogens with one attached hydrogen (secondary N) is 4. The van der Waals surface area contributed by atoms with Crippen LogP contribution in [0, 0.1) is 17.0 Å². The van der Waals surface area contributed by atoms with E-state index < -0.39 is 53.4 Å². The van der Waals surface area contributed by atoms with Gasteiger partial charge in [0.2, 0.25) is 0 Å². The van der Waals surface area contributed by atoms with Gasteiger partial charge < -0.3 is 31.7 Å². The van der Waals surface area contributed by atoms with Gasteiger partial charge in [-0.15, -0.1) is 0 Å². The molecule has 0 radical (unpaired) electrons. The second-order valence-electron chi connectivity index (χ2n) is 9.48. The number of carbonyl (C=O) groups is 3. The Labute approximate surface area is 252 Å². The third kappa shape index (κ3) is 7.87. The molecule has 0 atom stereocenters. The monoisotopic (exact) mass is 613 g/mol. The van der Waals surface area contributed by atoms with E-state index in [4.69, 9.17) is 21.6 Å². The number of allylic oxidation sites excluding steroid dienone is 2. The first-order valence-corrected chi connectivity index (χ1v) is 12.9. The quantitative estimate of drug-likeness (QED) is 0.0957. The molecule has 8 N–H and O–H groups in total. The number of urea groups is 2. The summed E-state index contributed by atoms with van der Waals surface area (Å²) in [5.41, 5.74) is 14.1. The number of halogens is 2. The molecule has 0 unspecified atom stereocenters. The predicted molar refractivity (Wildman–Crippen MR) is 158 cm³/mol. The highest BCUT2D eigenvalue weighted by Gasteiger charge is 2.43. The third-order valence-electron chi connectivity index (χ3n) is 6.04. The van der Waals surface area contributed by atoms with E-state index in [0.717, 1.165) is 29.2 Å². The van der Waals surface area contributed by atoms with Gasteiger partial charge >= 0.3 is 12.1 Å². The summed E-state index contributed by atoms with van der Waals surface area (Å²) in [6.07, 6.45) is 2.36.